The summed E-state index contributed by atoms with van der Waals surface area (Å²) in [5.74, 6) is 0.178. The van der Waals surface area contributed by atoms with Gasteiger partial charge in [-0.05, 0) is 19.3 Å². The highest BCUT2D eigenvalue weighted by Gasteiger charge is 2.24. The summed E-state index contributed by atoms with van der Waals surface area (Å²) < 4.78 is 0. The van der Waals surface area contributed by atoms with Crippen LogP contribution in [0.5, 0.6) is 0 Å². The van der Waals surface area contributed by atoms with Crippen molar-refractivity contribution in [2.45, 2.75) is 25.3 Å². The third-order valence-corrected chi connectivity index (χ3v) is 2.71. The molecule has 2 N–H and O–H groups in total. The van der Waals surface area contributed by atoms with Gasteiger partial charge >= 0.3 is 0 Å². The second-order valence-corrected chi connectivity index (χ2v) is 4.08. The van der Waals surface area contributed by atoms with Crippen molar-refractivity contribution in [3.05, 3.63) is 24.8 Å². The smallest absolute Gasteiger partial charge is 0.229 e. The van der Waals surface area contributed by atoms with E-state index in [1.54, 1.807) is 4.90 Å². The molecule has 3 nitrogen and oxygen atoms in total. The fourth-order valence-corrected chi connectivity index (χ4v) is 1.78. The Balaban J connectivity index is 2.33. The van der Waals surface area contributed by atoms with Crippen molar-refractivity contribution in [3.63, 3.8) is 0 Å². The van der Waals surface area contributed by atoms with E-state index in [4.69, 9.17) is 5.73 Å². The topological polar surface area (TPSA) is 46.3 Å². The van der Waals surface area contributed by atoms with Crippen LogP contribution in [-0.4, -0.2) is 30.4 Å². The normalized spacial score (nSPS) is 24.1. The van der Waals surface area contributed by atoms with Crippen LogP contribution in [0.3, 0.4) is 0 Å². The largest absolute Gasteiger partial charge is 0.345 e. The van der Waals surface area contributed by atoms with E-state index >= 15 is 0 Å². The van der Waals surface area contributed by atoms with Crippen molar-refractivity contribution in [3.8, 4) is 0 Å². The zero-order valence-corrected chi connectivity index (χ0v) is 9.36. The van der Waals surface area contributed by atoms with Crippen molar-refractivity contribution >= 4 is 5.91 Å². The molecule has 84 valence electrons. The van der Waals surface area contributed by atoms with Gasteiger partial charge < -0.3 is 10.6 Å². The monoisotopic (exact) mass is 208 g/mol. The molecule has 0 aromatic rings. The molecule has 0 spiro atoms. The molecule has 0 radical (unpaired) electrons. The summed E-state index contributed by atoms with van der Waals surface area (Å²) in [5.41, 5.74) is 5.71. The SMILES string of the molecule is C=CCCCN(C)C(=O)C1C=CC(N)C1. The molecule has 0 heterocycles. The molecule has 2 unspecified atom stereocenters. The van der Waals surface area contributed by atoms with Crippen LogP contribution in [0.25, 0.3) is 0 Å². The van der Waals surface area contributed by atoms with Crippen LogP contribution in [0.1, 0.15) is 19.3 Å². The minimum atomic E-state index is -0.00580. The standard InChI is InChI=1S/C12H20N2O/c1-3-4-5-8-14(2)12(15)10-6-7-11(13)9-10/h3,6-7,10-11H,1,4-5,8-9,13H2,2H3. The Morgan fingerprint density at radius 3 is 2.93 bits per heavy atom. The Morgan fingerprint density at radius 1 is 1.67 bits per heavy atom. The van der Waals surface area contributed by atoms with Crippen molar-refractivity contribution in [2.24, 2.45) is 11.7 Å². The average molecular weight is 208 g/mol. The van der Waals surface area contributed by atoms with Gasteiger partial charge in [-0.25, -0.2) is 0 Å². The van der Waals surface area contributed by atoms with Gasteiger partial charge in [0.2, 0.25) is 5.91 Å². The molecule has 0 aromatic carbocycles. The maximum absolute atomic E-state index is 11.9. The van der Waals surface area contributed by atoms with Crippen LogP contribution in [0.4, 0.5) is 0 Å². The highest BCUT2D eigenvalue weighted by Crippen LogP contribution is 2.18. The lowest BCUT2D eigenvalue weighted by Gasteiger charge is -2.20. The summed E-state index contributed by atoms with van der Waals surface area (Å²) in [6.07, 6.45) is 8.41. The minimum absolute atomic E-state index is 0.00580. The number of carbonyl (C=O) groups excluding carboxylic acids is 1. The Labute approximate surface area is 91.6 Å². The molecule has 1 amide bonds. The fourth-order valence-electron chi connectivity index (χ4n) is 1.78. The first-order valence-electron chi connectivity index (χ1n) is 5.45. The second kappa shape index (κ2) is 5.71. The highest BCUT2D eigenvalue weighted by molar-refractivity contribution is 5.81. The van der Waals surface area contributed by atoms with Crippen LogP contribution in [-0.2, 0) is 4.79 Å². The zero-order chi connectivity index (χ0) is 11.3. The highest BCUT2D eigenvalue weighted by atomic mass is 16.2. The summed E-state index contributed by atoms with van der Waals surface area (Å²) in [6, 6.07) is 0.0560. The van der Waals surface area contributed by atoms with Gasteiger partial charge in [0.05, 0.1) is 5.92 Å². The lowest BCUT2D eigenvalue weighted by Crippen LogP contribution is -2.33. The first-order chi connectivity index (χ1) is 7.15. The quantitative estimate of drug-likeness (QED) is 0.547. The second-order valence-electron chi connectivity index (χ2n) is 4.08. The lowest BCUT2D eigenvalue weighted by molar-refractivity contribution is -0.132. The van der Waals surface area contributed by atoms with Crippen molar-refractivity contribution in [2.75, 3.05) is 13.6 Å². The molecule has 2 atom stereocenters. The minimum Gasteiger partial charge on any atom is -0.345 e. The van der Waals surface area contributed by atoms with E-state index in [0.717, 1.165) is 25.8 Å². The van der Waals surface area contributed by atoms with Crippen LogP contribution in [0.15, 0.2) is 24.8 Å². The molecule has 0 aromatic heterocycles. The van der Waals surface area contributed by atoms with Crippen LogP contribution in [0, 0.1) is 5.92 Å². The molecule has 3 heteroatoms. The molecule has 1 aliphatic rings. The van der Waals surface area contributed by atoms with Crippen LogP contribution >= 0.6 is 0 Å². The number of amides is 1. The van der Waals surface area contributed by atoms with Crippen molar-refractivity contribution in [1.29, 1.82) is 0 Å². The third-order valence-electron chi connectivity index (χ3n) is 2.71. The first kappa shape index (κ1) is 12.0. The molecule has 1 rings (SSSR count). The number of nitrogens with two attached hydrogens (primary N) is 1. The molecular formula is C12H20N2O. The van der Waals surface area contributed by atoms with Crippen LogP contribution in [0.2, 0.25) is 0 Å². The molecule has 0 aliphatic heterocycles. The summed E-state index contributed by atoms with van der Waals surface area (Å²) in [5, 5.41) is 0. The Hall–Kier alpha value is -1.09. The van der Waals surface area contributed by atoms with Gasteiger partial charge in [0.25, 0.3) is 0 Å². The number of rotatable bonds is 5. The van der Waals surface area contributed by atoms with Crippen molar-refractivity contribution < 1.29 is 4.79 Å². The Kier molecular flexibility index (Phi) is 4.56. The average Bonchev–Trinajstić information content (AvgIpc) is 2.64. The first-order valence-corrected chi connectivity index (χ1v) is 5.45. The van der Waals surface area contributed by atoms with Crippen molar-refractivity contribution in [1.82, 2.24) is 4.90 Å². The van der Waals surface area contributed by atoms with Gasteiger partial charge in [0, 0.05) is 19.6 Å². The van der Waals surface area contributed by atoms with Crippen LogP contribution < -0.4 is 5.73 Å². The Bertz CT molecular complexity index is 260. The molecule has 0 fully saturated rings. The van der Waals surface area contributed by atoms with E-state index in [9.17, 15) is 4.79 Å². The number of unbranched alkanes of at least 4 members (excludes halogenated alkanes) is 1. The molecular weight excluding hydrogens is 188 g/mol. The maximum atomic E-state index is 11.9. The number of hydrogen-bond donors (Lipinski definition) is 1. The molecule has 15 heavy (non-hydrogen) atoms. The molecule has 0 bridgehead atoms. The third kappa shape index (κ3) is 3.51. The van der Waals surface area contributed by atoms with E-state index in [2.05, 4.69) is 6.58 Å². The van der Waals surface area contributed by atoms with Gasteiger partial charge in [-0.15, -0.1) is 6.58 Å². The van der Waals surface area contributed by atoms with Gasteiger partial charge in [0.15, 0.2) is 0 Å². The van der Waals surface area contributed by atoms with Gasteiger partial charge in [-0.1, -0.05) is 18.2 Å². The number of nitrogens with zero attached hydrogens (tertiary/aromatic N) is 1. The summed E-state index contributed by atoms with van der Waals surface area (Å²) >= 11 is 0. The van der Waals surface area contributed by atoms with Gasteiger partial charge in [0.1, 0.15) is 0 Å². The summed E-state index contributed by atoms with van der Waals surface area (Å²) in [6.45, 7) is 4.45. The predicted molar refractivity (Wildman–Crippen MR) is 62.3 cm³/mol. The molecule has 1 aliphatic carbocycles. The maximum Gasteiger partial charge on any atom is 0.229 e. The zero-order valence-electron chi connectivity index (χ0n) is 9.36. The summed E-state index contributed by atoms with van der Waals surface area (Å²) in [7, 11) is 1.85. The van der Waals surface area contributed by atoms with E-state index in [0.29, 0.717) is 0 Å². The predicted octanol–water partition coefficient (Wildman–Crippen LogP) is 1.31. The molecule has 0 saturated carbocycles. The lowest BCUT2D eigenvalue weighted by atomic mass is 10.1. The van der Waals surface area contributed by atoms with Gasteiger partial charge in [-0.3, -0.25) is 4.79 Å². The number of allylic oxidation sites excluding steroid dienone is 1. The Morgan fingerprint density at radius 2 is 2.40 bits per heavy atom. The van der Waals surface area contributed by atoms with Gasteiger partial charge in [-0.2, -0.15) is 0 Å². The number of hydrogen-bond acceptors (Lipinski definition) is 2. The fraction of sp³-hybridized carbons (Fsp3) is 0.583. The summed E-state index contributed by atoms with van der Waals surface area (Å²) in [4.78, 5) is 13.7. The number of carbonyl (C=O) groups is 1. The van der Waals surface area contributed by atoms with E-state index in [-0.39, 0.29) is 17.9 Å². The molecule has 0 saturated heterocycles. The van der Waals surface area contributed by atoms with E-state index in [1.807, 2.05) is 25.3 Å². The van der Waals surface area contributed by atoms with E-state index in [1.165, 1.54) is 0 Å². The van der Waals surface area contributed by atoms with E-state index < -0.39 is 0 Å².